The molecule has 0 aliphatic carbocycles. The number of carbonyl (C=O) groups excluding carboxylic acids is 1. The molecule has 1 aromatic heterocycles. The molecule has 2 N–H and O–H groups in total. The third-order valence-electron chi connectivity index (χ3n) is 3.95. The van der Waals surface area contributed by atoms with E-state index in [0.717, 1.165) is 29.4 Å². The zero-order chi connectivity index (χ0) is 18.0. The number of nitrogens with one attached hydrogen (secondary N) is 2. The third kappa shape index (κ3) is 3.97. The van der Waals surface area contributed by atoms with Crippen LogP contribution in [0.2, 0.25) is 0 Å². The number of sulfonamides is 1. The molecule has 0 saturated carbocycles. The Hall–Kier alpha value is -2.46. The minimum Gasteiger partial charge on any atom is -0.355 e. The van der Waals surface area contributed by atoms with Crippen LogP contribution in [0.4, 0.5) is 10.7 Å². The maximum Gasteiger partial charge on any atom is 0.325 e. The van der Waals surface area contributed by atoms with Crippen LogP contribution in [0.15, 0.2) is 40.6 Å². The van der Waals surface area contributed by atoms with Crippen molar-refractivity contribution >= 4 is 38.0 Å². The van der Waals surface area contributed by atoms with E-state index in [1.165, 1.54) is 5.38 Å². The van der Waals surface area contributed by atoms with Crippen molar-refractivity contribution < 1.29 is 18.1 Å². The zero-order valence-electron chi connectivity index (χ0n) is 13.0. The fourth-order valence-corrected chi connectivity index (χ4v) is 4.74. The van der Waals surface area contributed by atoms with Crippen molar-refractivity contribution in [1.29, 1.82) is 0 Å². The highest BCUT2D eigenvalue weighted by Crippen LogP contribution is 2.28. The van der Waals surface area contributed by atoms with Crippen molar-refractivity contribution in [3.05, 3.63) is 51.4 Å². The van der Waals surface area contributed by atoms with E-state index < -0.39 is 14.9 Å². The molecular weight excluding hydrogens is 366 g/mol. The lowest BCUT2D eigenvalue weighted by molar-refractivity contribution is -0.380. The summed E-state index contributed by atoms with van der Waals surface area (Å²) >= 11 is 0.764. The quantitative estimate of drug-likeness (QED) is 0.609. The van der Waals surface area contributed by atoms with Gasteiger partial charge in [-0.15, -0.1) is 0 Å². The fraction of sp³-hybridized carbons (Fsp3) is 0.267. The number of hydrogen-bond donors (Lipinski definition) is 2. The van der Waals surface area contributed by atoms with Crippen LogP contribution in [-0.4, -0.2) is 25.8 Å². The van der Waals surface area contributed by atoms with Crippen LogP contribution < -0.4 is 10.0 Å². The molecule has 1 saturated heterocycles. The Morgan fingerprint density at radius 3 is 2.56 bits per heavy atom. The average molecular weight is 381 g/mol. The summed E-state index contributed by atoms with van der Waals surface area (Å²) in [6.07, 6.45) is 1.24. The van der Waals surface area contributed by atoms with Crippen molar-refractivity contribution in [1.82, 2.24) is 5.32 Å². The summed E-state index contributed by atoms with van der Waals surface area (Å²) in [7, 11) is -3.87. The molecule has 0 spiro atoms. The topological polar surface area (TPSA) is 118 Å². The van der Waals surface area contributed by atoms with Gasteiger partial charge in [-0.2, -0.15) is 0 Å². The Labute approximate surface area is 148 Å². The summed E-state index contributed by atoms with van der Waals surface area (Å²) < 4.78 is 27.0. The van der Waals surface area contributed by atoms with Gasteiger partial charge in [0.05, 0.1) is 4.92 Å². The molecule has 1 fully saturated rings. The lowest BCUT2D eigenvalue weighted by Crippen LogP contribution is -2.33. The Morgan fingerprint density at radius 2 is 2.00 bits per heavy atom. The Balaban J connectivity index is 1.71. The SMILES string of the molecule is O=C1CCC(c2ccc(NS(=O)(=O)c3csc([N+](=O)[O-])c3)cc2)CN1. The molecule has 2 heterocycles. The van der Waals surface area contributed by atoms with Gasteiger partial charge in [-0.1, -0.05) is 23.5 Å². The summed E-state index contributed by atoms with van der Waals surface area (Å²) in [6, 6.07) is 7.95. The number of carbonyl (C=O) groups is 1. The number of thiophene rings is 1. The van der Waals surface area contributed by atoms with Gasteiger partial charge in [-0.3, -0.25) is 19.6 Å². The van der Waals surface area contributed by atoms with Crippen molar-refractivity contribution in [2.75, 3.05) is 11.3 Å². The van der Waals surface area contributed by atoms with Crippen LogP contribution in [0, 0.1) is 10.1 Å². The number of nitrogens with zero attached hydrogens (tertiary/aromatic N) is 1. The first kappa shape index (κ1) is 17.4. The predicted molar refractivity (Wildman–Crippen MR) is 93.2 cm³/mol. The summed E-state index contributed by atoms with van der Waals surface area (Å²) in [5.41, 5.74) is 1.39. The minimum atomic E-state index is -3.87. The van der Waals surface area contributed by atoms with E-state index in [1.54, 1.807) is 12.1 Å². The standard InChI is InChI=1S/C15H15N3O5S2/c19-14-6-3-11(8-16-14)10-1-4-12(5-2-10)17-25(22,23)13-7-15(18(20)21)24-9-13/h1-2,4-5,7,9,11,17H,3,6,8H2,(H,16,19). The van der Waals surface area contributed by atoms with Gasteiger partial charge in [0.2, 0.25) is 5.91 Å². The third-order valence-corrected chi connectivity index (χ3v) is 6.34. The average Bonchev–Trinajstić information content (AvgIpc) is 3.07. The number of piperidine rings is 1. The molecule has 2 aromatic rings. The molecule has 1 amide bonds. The van der Waals surface area contributed by atoms with Crippen LogP contribution in [0.5, 0.6) is 0 Å². The second kappa shape index (κ2) is 6.81. The first-order valence-electron chi connectivity index (χ1n) is 7.47. The highest BCUT2D eigenvalue weighted by Gasteiger charge is 2.22. The van der Waals surface area contributed by atoms with Gasteiger partial charge in [0.25, 0.3) is 10.0 Å². The number of benzene rings is 1. The molecule has 1 atom stereocenters. The van der Waals surface area contributed by atoms with Crippen LogP contribution in [-0.2, 0) is 14.8 Å². The van der Waals surface area contributed by atoms with E-state index >= 15 is 0 Å². The maximum atomic E-state index is 12.3. The number of rotatable bonds is 5. The number of nitro groups is 1. The second-order valence-corrected chi connectivity index (χ2v) is 8.22. The summed E-state index contributed by atoms with van der Waals surface area (Å²) in [4.78, 5) is 21.1. The van der Waals surface area contributed by atoms with Crippen LogP contribution in [0.3, 0.4) is 0 Å². The van der Waals surface area contributed by atoms with Crippen molar-refractivity contribution in [2.24, 2.45) is 0 Å². The second-order valence-electron chi connectivity index (χ2n) is 5.64. The molecule has 1 aliphatic heterocycles. The molecule has 25 heavy (non-hydrogen) atoms. The van der Waals surface area contributed by atoms with E-state index in [4.69, 9.17) is 0 Å². The monoisotopic (exact) mass is 381 g/mol. The summed E-state index contributed by atoms with van der Waals surface area (Å²) in [6.45, 7) is 0.572. The normalized spacial score (nSPS) is 17.8. The minimum absolute atomic E-state index is 0.0467. The van der Waals surface area contributed by atoms with Gasteiger partial charge in [0.15, 0.2) is 0 Å². The number of hydrogen-bond acceptors (Lipinski definition) is 6. The van der Waals surface area contributed by atoms with Crippen LogP contribution >= 0.6 is 11.3 Å². The van der Waals surface area contributed by atoms with E-state index in [1.807, 2.05) is 12.1 Å². The fourth-order valence-electron chi connectivity index (χ4n) is 2.60. The van der Waals surface area contributed by atoms with Gasteiger partial charge in [0, 0.05) is 36.0 Å². The Bertz CT molecular complexity index is 896. The van der Waals surface area contributed by atoms with Crippen molar-refractivity contribution in [3.8, 4) is 0 Å². The molecule has 1 unspecified atom stereocenters. The lowest BCUT2D eigenvalue weighted by atomic mass is 9.91. The lowest BCUT2D eigenvalue weighted by Gasteiger charge is -2.22. The molecule has 8 nitrogen and oxygen atoms in total. The molecule has 3 rings (SSSR count). The van der Waals surface area contributed by atoms with Gasteiger partial charge < -0.3 is 5.32 Å². The molecular formula is C15H15N3O5S2. The number of amides is 1. The molecule has 1 aliphatic rings. The van der Waals surface area contributed by atoms with E-state index in [-0.39, 0.29) is 21.7 Å². The van der Waals surface area contributed by atoms with Crippen molar-refractivity contribution in [3.63, 3.8) is 0 Å². The highest BCUT2D eigenvalue weighted by atomic mass is 32.2. The van der Waals surface area contributed by atoms with Crippen LogP contribution in [0.25, 0.3) is 0 Å². The predicted octanol–water partition coefficient (Wildman–Crippen LogP) is 2.45. The Morgan fingerprint density at radius 1 is 1.28 bits per heavy atom. The van der Waals surface area contributed by atoms with Gasteiger partial charge in [0.1, 0.15) is 4.90 Å². The molecule has 0 radical (unpaired) electrons. The molecule has 0 bridgehead atoms. The molecule has 1 aromatic carbocycles. The van der Waals surface area contributed by atoms with Gasteiger partial charge in [-0.25, -0.2) is 8.42 Å². The number of anilines is 1. The van der Waals surface area contributed by atoms with Gasteiger partial charge >= 0.3 is 5.00 Å². The van der Waals surface area contributed by atoms with Gasteiger partial charge in [-0.05, 0) is 24.1 Å². The van der Waals surface area contributed by atoms with E-state index in [9.17, 15) is 23.3 Å². The molecule has 132 valence electrons. The largest absolute Gasteiger partial charge is 0.355 e. The first-order chi connectivity index (χ1) is 11.8. The van der Waals surface area contributed by atoms with Crippen LogP contribution in [0.1, 0.15) is 24.3 Å². The smallest absolute Gasteiger partial charge is 0.325 e. The summed E-state index contributed by atoms with van der Waals surface area (Å²) in [5.74, 6) is 0.258. The highest BCUT2D eigenvalue weighted by molar-refractivity contribution is 7.92. The summed E-state index contributed by atoms with van der Waals surface area (Å²) in [5, 5.41) is 14.5. The molecule has 10 heteroatoms. The zero-order valence-corrected chi connectivity index (χ0v) is 14.6. The Kier molecular flexibility index (Phi) is 4.73. The van der Waals surface area contributed by atoms with E-state index in [0.29, 0.717) is 18.7 Å². The van der Waals surface area contributed by atoms with Crippen molar-refractivity contribution in [2.45, 2.75) is 23.7 Å². The maximum absolute atomic E-state index is 12.3. The van der Waals surface area contributed by atoms with E-state index in [2.05, 4.69) is 10.0 Å². The first-order valence-corrected chi connectivity index (χ1v) is 9.84.